The summed E-state index contributed by atoms with van der Waals surface area (Å²) in [4.78, 5) is 0. The summed E-state index contributed by atoms with van der Waals surface area (Å²) in [7, 11) is 0. The average molecular weight is 661 g/mol. The van der Waals surface area contributed by atoms with Crippen molar-refractivity contribution in [2.75, 3.05) is 0 Å². The summed E-state index contributed by atoms with van der Waals surface area (Å²) in [5.41, 5.74) is 3.81. The minimum absolute atomic E-state index is 0.410. The summed E-state index contributed by atoms with van der Waals surface area (Å²) in [5.74, 6) is 0. The molecule has 4 heteroatoms. The van der Waals surface area contributed by atoms with Crippen molar-refractivity contribution in [3.05, 3.63) is 181 Å². The van der Waals surface area contributed by atoms with Crippen molar-refractivity contribution in [3.63, 3.8) is 0 Å². The van der Waals surface area contributed by atoms with E-state index in [1.54, 1.807) is 0 Å². The number of hydrogen-bond donors (Lipinski definition) is 3. The van der Waals surface area contributed by atoms with Crippen LogP contribution in [0.15, 0.2) is 164 Å². The van der Waals surface area contributed by atoms with Gasteiger partial charge in [-0.3, -0.25) is 0 Å². The van der Waals surface area contributed by atoms with Crippen molar-refractivity contribution in [2.45, 2.75) is 12.2 Å². The molecule has 0 amide bonds. The van der Waals surface area contributed by atoms with E-state index < -0.39 is 28.6 Å². The number of hydrogen-bond acceptors (Lipinski definition) is 3. The zero-order valence-electron chi connectivity index (χ0n) is 20.4. The second kappa shape index (κ2) is 9.89. The van der Waals surface area contributed by atoms with Crippen molar-refractivity contribution in [1.29, 1.82) is 0 Å². The van der Waals surface area contributed by atoms with Gasteiger partial charge < -0.3 is 0 Å². The molecule has 3 heterocycles. The van der Waals surface area contributed by atoms with Crippen LogP contribution < -0.4 is 16.0 Å². The van der Waals surface area contributed by atoms with Crippen LogP contribution in [0.3, 0.4) is 0 Å². The van der Waals surface area contributed by atoms with Gasteiger partial charge in [0.1, 0.15) is 0 Å². The maximum absolute atomic E-state index is 3.94. The average Bonchev–Trinajstić information content (AvgIpc) is 3.00. The number of nitrogens with one attached hydrogen (secondary N) is 3. The first-order valence-electron chi connectivity index (χ1n) is 12.5. The molecular formula is C33H30IrN3. The molecule has 0 radical (unpaired) electrons. The number of benzene rings is 3. The normalized spacial score (nSPS) is 27.7. The summed E-state index contributed by atoms with van der Waals surface area (Å²) >= 11 is -2.75. The van der Waals surface area contributed by atoms with Crippen molar-refractivity contribution in [1.82, 2.24) is 16.0 Å². The molecule has 186 valence electrons. The third-order valence-corrected chi connectivity index (χ3v) is 16.7. The molecule has 3 atom stereocenters. The van der Waals surface area contributed by atoms with Crippen molar-refractivity contribution in [2.24, 2.45) is 0 Å². The minimum atomic E-state index is -2.75. The fraction of sp³-hybridized carbons (Fsp3) is 0.0909. The fourth-order valence-electron chi connectivity index (χ4n) is 5.14. The van der Waals surface area contributed by atoms with Crippen LogP contribution >= 0.6 is 0 Å². The van der Waals surface area contributed by atoms with E-state index in [0.717, 1.165) is 0 Å². The molecule has 0 aromatic heterocycles. The Morgan fingerprint density at radius 2 is 0.676 bits per heavy atom. The van der Waals surface area contributed by atoms with E-state index >= 15 is 0 Å². The van der Waals surface area contributed by atoms with Crippen LogP contribution in [-0.2, 0) is 28.6 Å². The number of dihydropyridines is 3. The monoisotopic (exact) mass is 661 g/mol. The van der Waals surface area contributed by atoms with E-state index in [9.17, 15) is 0 Å². The summed E-state index contributed by atoms with van der Waals surface area (Å²) in [6, 6.07) is 32.8. The van der Waals surface area contributed by atoms with Crippen LogP contribution in [0.2, 0.25) is 0 Å². The van der Waals surface area contributed by atoms with Gasteiger partial charge in [-0.15, -0.1) is 0 Å². The number of rotatable bonds is 6. The van der Waals surface area contributed by atoms with Gasteiger partial charge in [-0.2, -0.15) is 0 Å². The van der Waals surface area contributed by atoms with E-state index in [1.165, 1.54) is 16.7 Å². The zero-order chi connectivity index (χ0) is 25.0. The van der Waals surface area contributed by atoms with Crippen LogP contribution in [0.5, 0.6) is 0 Å². The molecule has 3 N–H and O–H groups in total. The van der Waals surface area contributed by atoms with Crippen LogP contribution in [0.25, 0.3) is 0 Å². The first-order chi connectivity index (χ1) is 18.3. The molecule has 3 aliphatic heterocycles. The van der Waals surface area contributed by atoms with Gasteiger partial charge in [-0.1, -0.05) is 0 Å². The molecule has 3 nitrogen and oxygen atoms in total. The topological polar surface area (TPSA) is 36.1 Å². The molecular weight excluding hydrogens is 631 g/mol. The second-order valence-electron chi connectivity index (χ2n) is 8.97. The Balaban J connectivity index is 1.73. The first-order valence-corrected chi connectivity index (χ1v) is 16.1. The van der Waals surface area contributed by atoms with Gasteiger partial charge in [0.15, 0.2) is 0 Å². The Hall–Kier alpha value is -3.85. The van der Waals surface area contributed by atoms with E-state index in [-0.39, 0.29) is 0 Å². The Morgan fingerprint density at radius 3 is 0.919 bits per heavy atom. The molecule has 37 heavy (non-hydrogen) atoms. The molecule has 6 rings (SSSR count). The van der Waals surface area contributed by atoms with Crippen molar-refractivity contribution in [3.8, 4) is 0 Å². The Kier molecular flexibility index (Phi) is 6.30. The molecule has 3 unspecified atom stereocenters. The van der Waals surface area contributed by atoms with E-state index in [1.807, 2.05) is 0 Å². The molecule has 0 bridgehead atoms. The first kappa shape index (κ1) is 23.5. The summed E-state index contributed by atoms with van der Waals surface area (Å²) < 4.78 is -1.23. The Morgan fingerprint density at radius 1 is 0.378 bits per heavy atom. The SMILES string of the molecule is C1=CN[C](c2ccccc2)([Ir]([C]2(c3ccccc3)C=CC=CN2)[C]2(c3ccccc3)C=CC=CN2)C=C1. The molecule has 0 saturated carbocycles. The zero-order valence-corrected chi connectivity index (χ0v) is 22.8. The van der Waals surface area contributed by atoms with Gasteiger partial charge in [-0.25, -0.2) is 0 Å². The van der Waals surface area contributed by atoms with E-state index in [4.69, 9.17) is 0 Å². The van der Waals surface area contributed by atoms with Gasteiger partial charge in [0.25, 0.3) is 0 Å². The van der Waals surface area contributed by atoms with Gasteiger partial charge in [0.05, 0.1) is 0 Å². The predicted molar refractivity (Wildman–Crippen MR) is 149 cm³/mol. The fourth-order valence-corrected chi connectivity index (χ4v) is 16.4. The molecule has 3 aromatic rings. The summed E-state index contributed by atoms with van der Waals surface area (Å²) in [6.07, 6.45) is 26.4. The summed E-state index contributed by atoms with van der Waals surface area (Å²) in [6.45, 7) is 0. The second-order valence-corrected chi connectivity index (χ2v) is 16.4. The van der Waals surface area contributed by atoms with E-state index in [2.05, 4.69) is 180 Å². The predicted octanol–water partition coefficient (Wildman–Crippen LogP) is 6.18. The molecule has 3 aromatic carbocycles. The molecule has 0 saturated heterocycles. The van der Waals surface area contributed by atoms with Crippen molar-refractivity contribution >= 4 is 0 Å². The van der Waals surface area contributed by atoms with Gasteiger partial charge in [-0.05, 0) is 0 Å². The van der Waals surface area contributed by atoms with Crippen LogP contribution in [0, 0.1) is 0 Å². The van der Waals surface area contributed by atoms with Crippen molar-refractivity contribution < 1.29 is 16.5 Å². The molecule has 0 aliphatic carbocycles. The Bertz CT molecular complexity index is 1230. The quantitative estimate of drug-likeness (QED) is 0.296. The Labute approximate surface area is 224 Å². The van der Waals surface area contributed by atoms with Gasteiger partial charge in [0.2, 0.25) is 0 Å². The molecule has 0 fully saturated rings. The molecule has 0 spiro atoms. The van der Waals surface area contributed by atoms with Crippen LogP contribution in [0.1, 0.15) is 16.7 Å². The van der Waals surface area contributed by atoms with Crippen LogP contribution in [-0.4, -0.2) is 0 Å². The van der Waals surface area contributed by atoms with Gasteiger partial charge in [0, 0.05) is 0 Å². The van der Waals surface area contributed by atoms with Gasteiger partial charge >= 0.3 is 226 Å². The number of allylic oxidation sites excluding steroid dienone is 6. The van der Waals surface area contributed by atoms with Crippen LogP contribution in [0.4, 0.5) is 0 Å². The maximum atomic E-state index is 3.94. The molecule has 3 aliphatic rings. The standard InChI is InChI=1S/3C11H10N.Ir/c3*1-2-6-10(7-3-1)11-8-4-5-9-12-11;/h3*1-9,12H;. The summed E-state index contributed by atoms with van der Waals surface area (Å²) in [5, 5.41) is 11.8. The third-order valence-electron chi connectivity index (χ3n) is 6.77. The third kappa shape index (κ3) is 3.94. The van der Waals surface area contributed by atoms with E-state index in [0.29, 0.717) is 0 Å².